The predicted octanol–water partition coefficient (Wildman–Crippen LogP) is 3.19. The first-order valence-electron chi connectivity index (χ1n) is 8.14. The quantitative estimate of drug-likeness (QED) is 0.507. The minimum atomic E-state index is -0.312. The van der Waals surface area contributed by atoms with Crippen LogP contribution >= 0.6 is 0 Å². The maximum Gasteiger partial charge on any atom is 0.0639 e. The standard InChI is InChI=1S/C16H35NO2/c1-4-5-6-7-8-9-10-11-12-17(13-15(2)18)14-16(3)19/h15-16,18-19H,4-14H2,1-3H3/t15-,16+. The van der Waals surface area contributed by atoms with Gasteiger partial charge in [0, 0.05) is 13.1 Å². The van der Waals surface area contributed by atoms with Crippen molar-refractivity contribution in [3.05, 3.63) is 0 Å². The van der Waals surface area contributed by atoms with Gasteiger partial charge >= 0.3 is 0 Å². The maximum atomic E-state index is 9.44. The second-order valence-electron chi connectivity index (χ2n) is 5.93. The van der Waals surface area contributed by atoms with E-state index in [1.54, 1.807) is 0 Å². The molecule has 0 aliphatic carbocycles. The van der Waals surface area contributed by atoms with Crippen molar-refractivity contribution in [1.82, 2.24) is 4.90 Å². The number of unbranched alkanes of at least 4 members (excludes halogenated alkanes) is 7. The van der Waals surface area contributed by atoms with E-state index in [4.69, 9.17) is 0 Å². The molecule has 0 saturated heterocycles. The van der Waals surface area contributed by atoms with E-state index in [0.29, 0.717) is 13.1 Å². The molecule has 0 aliphatic rings. The Labute approximate surface area is 120 Å². The van der Waals surface area contributed by atoms with Crippen LogP contribution in [0, 0.1) is 0 Å². The summed E-state index contributed by atoms with van der Waals surface area (Å²) in [5.41, 5.74) is 0. The van der Waals surface area contributed by atoms with Gasteiger partial charge in [-0.05, 0) is 26.8 Å². The van der Waals surface area contributed by atoms with Crippen molar-refractivity contribution in [1.29, 1.82) is 0 Å². The van der Waals surface area contributed by atoms with Crippen molar-refractivity contribution < 1.29 is 10.2 Å². The molecule has 0 aliphatic heterocycles. The smallest absolute Gasteiger partial charge is 0.0639 e. The zero-order valence-electron chi connectivity index (χ0n) is 13.3. The Morgan fingerprint density at radius 3 is 1.58 bits per heavy atom. The van der Waals surface area contributed by atoms with Gasteiger partial charge in [-0.25, -0.2) is 0 Å². The normalized spacial score (nSPS) is 14.8. The molecular formula is C16H35NO2. The lowest BCUT2D eigenvalue weighted by Crippen LogP contribution is -2.36. The summed E-state index contributed by atoms with van der Waals surface area (Å²) < 4.78 is 0. The molecule has 3 nitrogen and oxygen atoms in total. The van der Waals surface area contributed by atoms with Crippen LogP contribution in [-0.4, -0.2) is 47.0 Å². The largest absolute Gasteiger partial charge is 0.392 e. The summed E-state index contributed by atoms with van der Waals surface area (Å²) >= 11 is 0. The van der Waals surface area contributed by atoms with Gasteiger partial charge in [0.1, 0.15) is 0 Å². The van der Waals surface area contributed by atoms with E-state index >= 15 is 0 Å². The first kappa shape index (κ1) is 18.9. The third kappa shape index (κ3) is 14.1. The Kier molecular flexibility index (Phi) is 12.8. The zero-order valence-corrected chi connectivity index (χ0v) is 13.3. The van der Waals surface area contributed by atoms with Crippen molar-refractivity contribution in [2.45, 2.75) is 84.3 Å². The highest BCUT2D eigenvalue weighted by atomic mass is 16.3. The molecule has 0 fully saturated rings. The van der Waals surface area contributed by atoms with Crippen LogP contribution in [0.15, 0.2) is 0 Å². The minimum absolute atomic E-state index is 0.312. The monoisotopic (exact) mass is 273 g/mol. The van der Waals surface area contributed by atoms with Crippen LogP contribution in [0.25, 0.3) is 0 Å². The van der Waals surface area contributed by atoms with Gasteiger partial charge in [-0.2, -0.15) is 0 Å². The summed E-state index contributed by atoms with van der Waals surface area (Å²) in [7, 11) is 0. The SMILES string of the molecule is CCCCCCCCCCN(C[C@H](C)O)C[C@@H](C)O. The van der Waals surface area contributed by atoms with E-state index in [9.17, 15) is 10.2 Å². The highest BCUT2D eigenvalue weighted by Gasteiger charge is 2.10. The summed E-state index contributed by atoms with van der Waals surface area (Å²) in [6.07, 6.45) is 9.93. The van der Waals surface area contributed by atoms with Gasteiger partial charge in [-0.3, -0.25) is 4.90 Å². The summed E-state index contributed by atoms with van der Waals surface area (Å²) in [5, 5.41) is 18.9. The average molecular weight is 273 g/mol. The molecule has 0 unspecified atom stereocenters. The summed E-state index contributed by atoms with van der Waals surface area (Å²) in [5.74, 6) is 0. The number of hydrogen-bond donors (Lipinski definition) is 2. The second-order valence-corrected chi connectivity index (χ2v) is 5.93. The Morgan fingerprint density at radius 1 is 0.737 bits per heavy atom. The second kappa shape index (κ2) is 12.9. The Morgan fingerprint density at radius 2 is 1.16 bits per heavy atom. The van der Waals surface area contributed by atoms with E-state index in [1.807, 2.05) is 13.8 Å². The highest BCUT2D eigenvalue weighted by molar-refractivity contribution is 4.64. The van der Waals surface area contributed by atoms with Crippen LogP contribution in [0.5, 0.6) is 0 Å². The zero-order chi connectivity index (χ0) is 14.5. The van der Waals surface area contributed by atoms with E-state index in [-0.39, 0.29) is 12.2 Å². The molecule has 0 aromatic rings. The van der Waals surface area contributed by atoms with Crippen LogP contribution in [0.1, 0.15) is 72.1 Å². The van der Waals surface area contributed by atoms with Gasteiger partial charge in [-0.1, -0.05) is 51.9 Å². The molecule has 0 bridgehead atoms. The molecule has 0 spiro atoms. The van der Waals surface area contributed by atoms with Gasteiger partial charge in [0.25, 0.3) is 0 Å². The van der Waals surface area contributed by atoms with Crippen LogP contribution < -0.4 is 0 Å². The van der Waals surface area contributed by atoms with E-state index < -0.39 is 0 Å². The number of rotatable bonds is 13. The van der Waals surface area contributed by atoms with Crippen molar-refractivity contribution in [2.75, 3.05) is 19.6 Å². The van der Waals surface area contributed by atoms with Gasteiger partial charge < -0.3 is 10.2 Å². The summed E-state index contributed by atoms with van der Waals surface area (Å²) in [4.78, 5) is 2.17. The topological polar surface area (TPSA) is 43.7 Å². The first-order valence-corrected chi connectivity index (χ1v) is 8.14. The summed E-state index contributed by atoms with van der Waals surface area (Å²) in [6, 6.07) is 0. The Bertz CT molecular complexity index is 174. The number of hydrogen-bond acceptors (Lipinski definition) is 3. The predicted molar refractivity (Wildman–Crippen MR) is 82.4 cm³/mol. The summed E-state index contributed by atoms with van der Waals surface area (Å²) in [6.45, 7) is 8.19. The van der Waals surface area contributed by atoms with Gasteiger partial charge in [-0.15, -0.1) is 0 Å². The third-order valence-corrected chi connectivity index (χ3v) is 3.37. The molecule has 0 saturated carbocycles. The molecule has 0 radical (unpaired) electrons. The molecular weight excluding hydrogens is 238 g/mol. The van der Waals surface area contributed by atoms with E-state index in [0.717, 1.165) is 6.54 Å². The maximum absolute atomic E-state index is 9.44. The molecule has 0 aromatic carbocycles. The van der Waals surface area contributed by atoms with Crippen LogP contribution in [0.4, 0.5) is 0 Å². The third-order valence-electron chi connectivity index (χ3n) is 3.37. The fourth-order valence-corrected chi connectivity index (χ4v) is 2.47. The fraction of sp³-hybridized carbons (Fsp3) is 1.00. The fourth-order valence-electron chi connectivity index (χ4n) is 2.47. The molecule has 0 heterocycles. The molecule has 2 N–H and O–H groups in total. The molecule has 0 aromatic heterocycles. The molecule has 0 amide bonds. The van der Waals surface area contributed by atoms with Crippen LogP contribution in [-0.2, 0) is 0 Å². The molecule has 116 valence electrons. The Balaban J connectivity index is 3.52. The number of aliphatic hydroxyl groups excluding tert-OH is 2. The Hall–Kier alpha value is -0.120. The van der Waals surface area contributed by atoms with Crippen LogP contribution in [0.2, 0.25) is 0 Å². The molecule has 0 rings (SSSR count). The molecule has 3 heteroatoms. The number of aliphatic hydroxyl groups is 2. The molecule has 19 heavy (non-hydrogen) atoms. The molecule has 2 atom stereocenters. The minimum Gasteiger partial charge on any atom is -0.392 e. The van der Waals surface area contributed by atoms with E-state index in [2.05, 4.69) is 11.8 Å². The van der Waals surface area contributed by atoms with Gasteiger partial charge in [0.15, 0.2) is 0 Å². The lowest BCUT2D eigenvalue weighted by atomic mass is 10.1. The lowest BCUT2D eigenvalue weighted by molar-refractivity contribution is 0.0825. The van der Waals surface area contributed by atoms with Crippen molar-refractivity contribution in [3.63, 3.8) is 0 Å². The van der Waals surface area contributed by atoms with Crippen molar-refractivity contribution in [3.8, 4) is 0 Å². The average Bonchev–Trinajstić information content (AvgIpc) is 2.30. The van der Waals surface area contributed by atoms with Crippen molar-refractivity contribution >= 4 is 0 Å². The van der Waals surface area contributed by atoms with E-state index in [1.165, 1.54) is 51.4 Å². The van der Waals surface area contributed by atoms with Crippen molar-refractivity contribution in [2.24, 2.45) is 0 Å². The lowest BCUT2D eigenvalue weighted by Gasteiger charge is -2.24. The first-order chi connectivity index (χ1) is 9.06. The number of nitrogens with zero attached hydrogens (tertiary/aromatic N) is 1. The van der Waals surface area contributed by atoms with Gasteiger partial charge in [0.05, 0.1) is 12.2 Å². The highest BCUT2D eigenvalue weighted by Crippen LogP contribution is 2.09. The van der Waals surface area contributed by atoms with Crippen LogP contribution in [0.3, 0.4) is 0 Å². The van der Waals surface area contributed by atoms with Gasteiger partial charge in [0.2, 0.25) is 0 Å².